The number of carboxylic acid groups (broad SMARTS) is 1. The highest BCUT2D eigenvalue weighted by atomic mass is 32.2. The highest BCUT2D eigenvalue weighted by molar-refractivity contribution is 7.93. The van der Waals surface area contributed by atoms with Crippen LogP contribution in [0.3, 0.4) is 0 Å². The lowest BCUT2D eigenvalue weighted by Gasteiger charge is -2.20. The lowest BCUT2D eigenvalue weighted by molar-refractivity contribution is 0.0696. The van der Waals surface area contributed by atoms with Crippen LogP contribution in [0.5, 0.6) is 0 Å². The van der Waals surface area contributed by atoms with Gasteiger partial charge in [0.05, 0.1) is 15.4 Å². The van der Waals surface area contributed by atoms with E-state index in [1.165, 1.54) is 72.8 Å². The standard InChI is InChI=1S/C28H18N2O9S2/c31-15-16-1-5-18(6-2-16)29-40(36,37)20-9-11-22-23-12-10-21(14-25(23)27(33)26(32)24(22)13-20)41(38,39)30-19-7-3-17(4-8-19)28(34)35/h1-15,29-30H,(H,34,35). The molecule has 0 heterocycles. The molecule has 4 aromatic rings. The SMILES string of the molecule is O=Cc1ccc(NS(=O)(=O)c2ccc3c(c2)C(=O)C(=O)c2cc(S(=O)(=O)Nc4ccc(C(=O)O)cc4)ccc2-3)cc1. The molecule has 0 spiro atoms. The Hall–Kier alpha value is -5.14. The first kappa shape index (κ1) is 27.4. The molecule has 0 bridgehead atoms. The number of fused-ring (bicyclic) bond motifs is 3. The molecule has 0 aromatic heterocycles. The van der Waals surface area contributed by atoms with E-state index in [1.54, 1.807) is 0 Å². The van der Waals surface area contributed by atoms with Gasteiger partial charge in [-0.25, -0.2) is 21.6 Å². The molecule has 0 radical (unpaired) electrons. The van der Waals surface area contributed by atoms with E-state index < -0.39 is 37.6 Å². The highest BCUT2D eigenvalue weighted by Crippen LogP contribution is 2.36. The molecule has 0 atom stereocenters. The number of aldehydes is 1. The quantitative estimate of drug-likeness (QED) is 0.203. The molecule has 1 aliphatic carbocycles. The number of rotatable bonds is 8. The molecule has 13 heteroatoms. The fourth-order valence-electron chi connectivity index (χ4n) is 4.21. The molecule has 0 amide bonds. The molecule has 5 rings (SSSR count). The van der Waals surface area contributed by atoms with Crippen LogP contribution in [0.4, 0.5) is 11.4 Å². The second kappa shape index (κ2) is 10.1. The maximum Gasteiger partial charge on any atom is 0.335 e. The monoisotopic (exact) mass is 590 g/mol. The average molecular weight is 591 g/mol. The second-order valence-corrected chi connectivity index (χ2v) is 12.3. The zero-order chi connectivity index (χ0) is 29.5. The Balaban J connectivity index is 1.46. The topological polar surface area (TPSA) is 181 Å². The molecule has 3 N–H and O–H groups in total. The fourth-order valence-corrected chi connectivity index (χ4v) is 6.38. The maximum absolute atomic E-state index is 13.0. The zero-order valence-corrected chi connectivity index (χ0v) is 22.3. The van der Waals surface area contributed by atoms with E-state index >= 15 is 0 Å². The van der Waals surface area contributed by atoms with E-state index in [0.717, 1.165) is 12.1 Å². The first-order valence-corrected chi connectivity index (χ1v) is 14.7. The third-order valence-corrected chi connectivity index (χ3v) is 9.03. The van der Waals surface area contributed by atoms with Gasteiger partial charge in [0.1, 0.15) is 6.29 Å². The van der Waals surface area contributed by atoms with Crippen molar-refractivity contribution in [3.05, 3.63) is 107 Å². The highest BCUT2D eigenvalue weighted by Gasteiger charge is 2.33. The summed E-state index contributed by atoms with van der Waals surface area (Å²) in [6.07, 6.45) is 0.610. The number of sulfonamides is 2. The van der Waals surface area contributed by atoms with Crippen LogP contribution in [0.1, 0.15) is 41.4 Å². The smallest absolute Gasteiger partial charge is 0.335 e. The molecule has 0 fully saturated rings. The number of carboxylic acids is 1. The van der Waals surface area contributed by atoms with Crippen molar-refractivity contribution in [2.75, 3.05) is 9.44 Å². The molecule has 41 heavy (non-hydrogen) atoms. The van der Waals surface area contributed by atoms with Crippen LogP contribution in [-0.2, 0) is 20.0 Å². The van der Waals surface area contributed by atoms with Gasteiger partial charge in [-0.2, -0.15) is 0 Å². The number of hydrogen-bond acceptors (Lipinski definition) is 8. The van der Waals surface area contributed by atoms with Crippen LogP contribution >= 0.6 is 0 Å². The summed E-state index contributed by atoms with van der Waals surface area (Å²) in [6, 6.07) is 18.0. The summed E-state index contributed by atoms with van der Waals surface area (Å²) in [5.41, 5.74) is 0.749. The molecule has 1 aliphatic rings. The van der Waals surface area contributed by atoms with Crippen molar-refractivity contribution in [2.45, 2.75) is 9.79 Å². The molecule has 0 saturated heterocycles. The van der Waals surface area contributed by atoms with E-state index in [9.17, 15) is 36.0 Å². The summed E-state index contributed by atoms with van der Waals surface area (Å²) in [4.78, 5) is 47.3. The molecule has 11 nitrogen and oxygen atoms in total. The minimum atomic E-state index is -4.23. The zero-order valence-electron chi connectivity index (χ0n) is 20.7. The summed E-state index contributed by atoms with van der Waals surface area (Å²) in [5.74, 6) is -3.20. The van der Waals surface area contributed by atoms with Gasteiger partial charge < -0.3 is 5.11 Å². The number of nitrogens with one attached hydrogen (secondary N) is 2. The van der Waals surface area contributed by atoms with E-state index in [4.69, 9.17) is 5.11 Å². The maximum atomic E-state index is 13.0. The summed E-state index contributed by atoms with van der Waals surface area (Å²) in [5, 5.41) is 9.01. The molecular formula is C28H18N2O9S2. The van der Waals surface area contributed by atoms with Crippen LogP contribution in [0.15, 0.2) is 94.7 Å². The Morgan fingerprint density at radius 1 is 0.610 bits per heavy atom. The third kappa shape index (κ3) is 5.23. The van der Waals surface area contributed by atoms with Crippen LogP contribution in [0.2, 0.25) is 0 Å². The van der Waals surface area contributed by atoms with Crippen molar-refractivity contribution < 1.29 is 41.1 Å². The van der Waals surface area contributed by atoms with Gasteiger partial charge in [0.15, 0.2) is 0 Å². The van der Waals surface area contributed by atoms with Gasteiger partial charge in [0.2, 0.25) is 11.6 Å². The van der Waals surface area contributed by atoms with Gasteiger partial charge in [-0.1, -0.05) is 12.1 Å². The second-order valence-electron chi connectivity index (χ2n) is 8.91. The molecule has 0 aliphatic heterocycles. The number of ketones is 2. The van der Waals surface area contributed by atoms with Gasteiger partial charge in [-0.15, -0.1) is 0 Å². The molecule has 0 unspecified atom stereocenters. The Morgan fingerprint density at radius 3 is 1.41 bits per heavy atom. The van der Waals surface area contributed by atoms with Crippen molar-refractivity contribution in [1.29, 1.82) is 0 Å². The molecule has 206 valence electrons. The molecule has 0 saturated carbocycles. The number of hydrogen-bond donors (Lipinski definition) is 3. The predicted molar refractivity (Wildman–Crippen MR) is 147 cm³/mol. The largest absolute Gasteiger partial charge is 0.478 e. The number of Topliss-reactive ketones (excluding diaryl/α,β-unsaturated/α-hetero) is 2. The normalized spacial score (nSPS) is 12.7. The number of carbonyl (C=O) groups excluding carboxylic acids is 3. The van der Waals surface area contributed by atoms with Crippen LogP contribution in [0.25, 0.3) is 11.1 Å². The minimum absolute atomic E-state index is 0.0375. The predicted octanol–water partition coefficient (Wildman–Crippen LogP) is 3.84. The van der Waals surface area contributed by atoms with Crippen LogP contribution in [-0.4, -0.2) is 45.8 Å². The van der Waals surface area contributed by atoms with Crippen molar-refractivity contribution >= 4 is 55.2 Å². The Kier molecular flexibility index (Phi) is 6.77. The lowest BCUT2D eigenvalue weighted by Crippen LogP contribution is -2.23. The first-order chi connectivity index (χ1) is 19.4. The summed E-state index contributed by atoms with van der Waals surface area (Å²) in [6.45, 7) is 0. The van der Waals surface area contributed by atoms with Gasteiger partial charge in [-0.3, -0.25) is 23.8 Å². The van der Waals surface area contributed by atoms with Gasteiger partial charge in [-0.05, 0) is 83.9 Å². The summed E-state index contributed by atoms with van der Waals surface area (Å²) >= 11 is 0. The summed E-state index contributed by atoms with van der Waals surface area (Å²) in [7, 11) is -8.40. The molecule has 4 aromatic carbocycles. The van der Waals surface area contributed by atoms with E-state index in [0.29, 0.717) is 11.8 Å². The summed E-state index contributed by atoms with van der Waals surface area (Å²) < 4.78 is 56.5. The van der Waals surface area contributed by atoms with Gasteiger partial charge >= 0.3 is 5.97 Å². The van der Waals surface area contributed by atoms with E-state index in [2.05, 4.69) is 9.44 Å². The lowest BCUT2D eigenvalue weighted by atomic mass is 9.84. The molecular weight excluding hydrogens is 572 g/mol. The first-order valence-electron chi connectivity index (χ1n) is 11.7. The number of benzene rings is 4. The number of aromatic carboxylic acids is 1. The number of anilines is 2. The Labute approximate surface area is 233 Å². The van der Waals surface area contributed by atoms with Gasteiger partial charge in [0.25, 0.3) is 20.0 Å². The van der Waals surface area contributed by atoms with E-state index in [1.807, 2.05) is 0 Å². The fraction of sp³-hybridized carbons (Fsp3) is 0. The van der Waals surface area contributed by atoms with Crippen LogP contribution < -0.4 is 9.44 Å². The van der Waals surface area contributed by atoms with Crippen molar-refractivity contribution in [3.63, 3.8) is 0 Å². The Morgan fingerprint density at radius 2 is 1.02 bits per heavy atom. The van der Waals surface area contributed by atoms with Crippen molar-refractivity contribution in [2.24, 2.45) is 0 Å². The van der Waals surface area contributed by atoms with Crippen LogP contribution in [0, 0.1) is 0 Å². The van der Waals surface area contributed by atoms with E-state index in [-0.39, 0.29) is 49.0 Å². The third-order valence-electron chi connectivity index (χ3n) is 6.27. The van der Waals surface area contributed by atoms with Crippen molar-refractivity contribution in [3.8, 4) is 11.1 Å². The number of carbonyl (C=O) groups is 4. The Bertz CT molecular complexity index is 1980. The minimum Gasteiger partial charge on any atom is -0.478 e. The van der Waals surface area contributed by atoms with Crippen molar-refractivity contribution in [1.82, 2.24) is 0 Å². The average Bonchev–Trinajstić information content (AvgIpc) is 2.95. The van der Waals surface area contributed by atoms with Gasteiger partial charge in [0, 0.05) is 28.1 Å².